The minimum absolute atomic E-state index is 0.141. The van der Waals surface area contributed by atoms with E-state index in [-0.39, 0.29) is 12.4 Å². The number of phenols is 1. The highest BCUT2D eigenvalue weighted by molar-refractivity contribution is 5.37. The Labute approximate surface area is 96.9 Å². The lowest BCUT2D eigenvalue weighted by atomic mass is 9.90. The van der Waals surface area contributed by atoms with Crippen LogP contribution in [0.5, 0.6) is 5.75 Å². The second-order valence-corrected chi connectivity index (χ2v) is 3.94. The van der Waals surface area contributed by atoms with E-state index in [1.54, 1.807) is 6.07 Å². The Morgan fingerprint density at radius 3 is 2.75 bits per heavy atom. The molecular formula is C14H18O2. The van der Waals surface area contributed by atoms with Crippen LogP contribution in [0.25, 0.3) is 0 Å². The van der Waals surface area contributed by atoms with E-state index in [9.17, 15) is 5.11 Å². The SMILES string of the molecule is C#CCC(CCC)c1ccc(O)c(CO)c1. The Bertz CT molecular complexity index is 377. The molecule has 0 saturated carbocycles. The van der Waals surface area contributed by atoms with Crippen LogP contribution in [-0.4, -0.2) is 10.2 Å². The van der Waals surface area contributed by atoms with Crippen molar-refractivity contribution in [3.8, 4) is 18.1 Å². The largest absolute Gasteiger partial charge is 0.508 e. The smallest absolute Gasteiger partial charge is 0.121 e. The molecule has 0 aliphatic heterocycles. The van der Waals surface area contributed by atoms with E-state index in [4.69, 9.17) is 11.5 Å². The van der Waals surface area contributed by atoms with E-state index in [1.807, 2.05) is 12.1 Å². The number of hydrogen-bond acceptors (Lipinski definition) is 2. The summed E-state index contributed by atoms with van der Waals surface area (Å²) in [5.74, 6) is 3.14. The van der Waals surface area contributed by atoms with E-state index in [1.165, 1.54) is 0 Å². The Kier molecular flexibility index (Phi) is 4.88. The Balaban J connectivity index is 2.96. The number of aliphatic hydroxyl groups excluding tert-OH is 1. The first-order chi connectivity index (χ1) is 7.72. The molecule has 0 aliphatic carbocycles. The predicted molar refractivity (Wildman–Crippen MR) is 65.1 cm³/mol. The van der Waals surface area contributed by atoms with E-state index >= 15 is 0 Å². The first-order valence-electron chi connectivity index (χ1n) is 5.59. The van der Waals surface area contributed by atoms with Gasteiger partial charge in [-0.25, -0.2) is 0 Å². The Hall–Kier alpha value is -1.46. The summed E-state index contributed by atoms with van der Waals surface area (Å²) in [4.78, 5) is 0. The van der Waals surface area contributed by atoms with E-state index in [0.29, 0.717) is 17.9 Å². The average Bonchev–Trinajstić information content (AvgIpc) is 2.29. The summed E-state index contributed by atoms with van der Waals surface area (Å²) in [5.41, 5.74) is 1.66. The van der Waals surface area contributed by atoms with Crippen molar-refractivity contribution in [3.05, 3.63) is 29.3 Å². The third-order valence-electron chi connectivity index (χ3n) is 2.75. The van der Waals surface area contributed by atoms with Gasteiger partial charge >= 0.3 is 0 Å². The topological polar surface area (TPSA) is 40.5 Å². The highest BCUT2D eigenvalue weighted by Gasteiger charge is 2.11. The molecule has 1 rings (SSSR count). The maximum absolute atomic E-state index is 9.48. The van der Waals surface area contributed by atoms with Crippen LogP contribution in [-0.2, 0) is 6.61 Å². The maximum atomic E-state index is 9.48. The molecule has 16 heavy (non-hydrogen) atoms. The van der Waals surface area contributed by atoms with Gasteiger partial charge < -0.3 is 10.2 Å². The van der Waals surface area contributed by atoms with E-state index < -0.39 is 0 Å². The van der Waals surface area contributed by atoms with Gasteiger partial charge in [0.25, 0.3) is 0 Å². The molecule has 0 bridgehead atoms. The normalized spacial score (nSPS) is 12.1. The van der Waals surface area contributed by atoms with Crippen molar-refractivity contribution in [1.82, 2.24) is 0 Å². The zero-order valence-corrected chi connectivity index (χ0v) is 9.61. The van der Waals surface area contributed by atoms with Crippen molar-refractivity contribution < 1.29 is 10.2 Å². The van der Waals surface area contributed by atoms with Gasteiger partial charge in [-0.05, 0) is 30.0 Å². The van der Waals surface area contributed by atoms with Gasteiger partial charge in [0, 0.05) is 12.0 Å². The number of aliphatic hydroxyl groups is 1. The molecule has 2 nitrogen and oxygen atoms in total. The van der Waals surface area contributed by atoms with Crippen LogP contribution in [0.4, 0.5) is 0 Å². The average molecular weight is 218 g/mol. The van der Waals surface area contributed by atoms with Gasteiger partial charge in [0.1, 0.15) is 5.75 Å². The fourth-order valence-corrected chi connectivity index (χ4v) is 1.86. The van der Waals surface area contributed by atoms with Gasteiger partial charge in [0.2, 0.25) is 0 Å². The standard InChI is InChI=1S/C14H18O2/c1-3-5-11(6-4-2)12-7-8-14(16)13(9-12)10-15/h1,7-9,11,15-16H,4-6,10H2,2H3. The lowest BCUT2D eigenvalue weighted by Gasteiger charge is -2.15. The monoisotopic (exact) mass is 218 g/mol. The van der Waals surface area contributed by atoms with Gasteiger partial charge in [-0.1, -0.05) is 19.4 Å². The number of benzene rings is 1. The zero-order chi connectivity index (χ0) is 12.0. The van der Waals surface area contributed by atoms with Crippen molar-refractivity contribution in [2.45, 2.75) is 38.7 Å². The fraction of sp³-hybridized carbons (Fsp3) is 0.429. The minimum Gasteiger partial charge on any atom is -0.508 e. The number of aromatic hydroxyl groups is 1. The molecule has 1 atom stereocenters. The van der Waals surface area contributed by atoms with Crippen molar-refractivity contribution >= 4 is 0 Å². The highest BCUT2D eigenvalue weighted by Crippen LogP contribution is 2.28. The molecule has 0 aliphatic rings. The summed E-state index contributed by atoms with van der Waals surface area (Å²) in [6, 6.07) is 5.35. The summed E-state index contributed by atoms with van der Waals surface area (Å²) in [6.45, 7) is 1.98. The van der Waals surface area contributed by atoms with Gasteiger partial charge in [0.05, 0.1) is 6.61 Å². The number of rotatable bonds is 5. The first kappa shape index (κ1) is 12.6. The first-order valence-corrected chi connectivity index (χ1v) is 5.59. The molecule has 2 N–H and O–H groups in total. The molecule has 0 fully saturated rings. The molecule has 1 unspecified atom stereocenters. The molecule has 0 aromatic heterocycles. The van der Waals surface area contributed by atoms with Gasteiger partial charge in [-0.15, -0.1) is 12.3 Å². The second-order valence-electron chi connectivity index (χ2n) is 3.94. The summed E-state index contributed by atoms with van der Waals surface area (Å²) in [7, 11) is 0. The van der Waals surface area contributed by atoms with Crippen LogP contribution in [0.15, 0.2) is 18.2 Å². The van der Waals surface area contributed by atoms with Gasteiger partial charge in [-0.2, -0.15) is 0 Å². The third kappa shape index (κ3) is 3.01. The third-order valence-corrected chi connectivity index (χ3v) is 2.75. The van der Waals surface area contributed by atoms with Crippen LogP contribution in [0, 0.1) is 12.3 Å². The predicted octanol–water partition coefficient (Wildman–Crippen LogP) is 2.79. The molecule has 0 spiro atoms. The molecule has 1 aromatic carbocycles. The number of terminal acetylenes is 1. The molecule has 0 saturated heterocycles. The summed E-state index contributed by atoms with van der Waals surface area (Å²) >= 11 is 0. The van der Waals surface area contributed by atoms with Crippen molar-refractivity contribution in [2.75, 3.05) is 0 Å². The minimum atomic E-state index is -0.144. The Morgan fingerprint density at radius 2 is 2.19 bits per heavy atom. The summed E-state index contributed by atoms with van der Waals surface area (Å²) in [5, 5.41) is 18.6. The van der Waals surface area contributed by atoms with Crippen LogP contribution in [0.1, 0.15) is 43.2 Å². The molecule has 0 amide bonds. The van der Waals surface area contributed by atoms with Gasteiger partial charge in [0.15, 0.2) is 0 Å². The quantitative estimate of drug-likeness (QED) is 0.746. The molecule has 1 aromatic rings. The molecule has 2 heteroatoms. The summed E-state index contributed by atoms with van der Waals surface area (Å²) in [6.07, 6.45) is 8.15. The second kappa shape index (κ2) is 6.19. The maximum Gasteiger partial charge on any atom is 0.121 e. The molecule has 0 heterocycles. The fourth-order valence-electron chi connectivity index (χ4n) is 1.86. The Morgan fingerprint density at radius 1 is 1.44 bits per heavy atom. The van der Waals surface area contributed by atoms with Gasteiger partial charge in [-0.3, -0.25) is 0 Å². The number of hydrogen-bond donors (Lipinski definition) is 2. The van der Waals surface area contributed by atoms with Crippen LogP contribution in [0.3, 0.4) is 0 Å². The lowest BCUT2D eigenvalue weighted by Crippen LogP contribution is -1.99. The molecule has 0 radical (unpaired) electrons. The van der Waals surface area contributed by atoms with Crippen LogP contribution < -0.4 is 0 Å². The summed E-state index contributed by atoms with van der Waals surface area (Å²) < 4.78 is 0. The zero-order valence-electron chi connectivity index (χ0n) is 9.61. The van der Waals surface area contributed by atoms with Crippen molar-refractivity contribution in [3.63, 3.8) is 0 Å². The highest BCUT2D eigenvalue weighted by atomic mass is 16.3. The van der Waals surface area contributed by atoms with Crippen LogP contribution >= 0.6 is 0 Å². The molecule has 86 valence electrons. The van der Waals surface area contributed by atoms with Crippen molar-refractivity contribution in [2.24, 2.45) is 0 Å². The van der Waals surface area contributed by atoms with E-state index in [0.717, 1.165) is 18.4 Å². The van der Waals surface area contributed by atoms with Crippen molar-refractivity contribution in [1.29, 1.82) is 0 Å². The van der Waals surface area contributed by atoms with Crippen LogP contribution in [0.2, 0.25) is 0 Å². The van der Waals surface area contributed by atoms with E-state index in [2.05, 4.69) is 12.8 Å². The molecular weight excluding hydrogens is 200 g/mol. The lowest BCUT2D eigenvalue weighted by molar-refractivity contribution is 0.275.